The summed E-state index contributed by atoms with van der Waals surface area (Å²) in [6.45, 7) is 8.17. The Hall–Kier alpha value is -0.820. The predicted molar refractivity (Wildman–Crippen MR) is 83.2 cm³/mol. The summed E-state index contributed by atoms with van der Waals surface area (Å²) in [6, 6.07) is 11.5. The lowest BCUT2D eigenvalue weighted by atomic mass is 9.67. The van der Waals surface area contributed by atoms with E-state index < -0.39 is 0 Å². The van der Waals surface area contributed by atoms with E-state index in [0.717, 1.165) is 5.92 Å². The molecule has 0 spiro atoms. The van der Waals surface area contributed by atoms with Crippen LogP contribution < -0.4 is 5.32 Å². The van der Waals surface area contributed by atoms with Gasteiger partial charge in [-0.05, 0) is 42.6 Å². The van der Waals surface area contributed by atoms with Crippen LogP contribution in [0, 0.1) is 11.3 Å². The number of hydrogen-bond donors (Lipinski definition) is 1. The molecule has 1 heteroatoms. The van der Waals surface area contributed by atoms with Crippen molar-refractivity contribution in [3.8, 4) is 0 Å². The summed E-state index contributed by atoms with van der Waals surface area (Å²) >= 11 is 0. The van der Waals surface area contributed by atoms with E-state index in [-0.39, 0.29) is 0 Å². The minimum atomic E-state index is 0.519. The van der Waals surface area contributed by atoms with Gasteiger partial charge in [0.25, 0.3) is 0 Å². The van der Waals surface area contributed by atoms with Gasteiger partial charge in [0.2, 0.25) is 0 Å². The summed E-state index contributed by atoms with van der Waals surface area (Å²) < 4.78 is 0. The molecule has 106 valence electrons. The van der Waals surface area contributed by atoms with E-state index in [4.69, 9.17) is 0 Å². The molecule has 1 nitrogen and oxygen atoms in total. The average molecular weight is 259 g/mol. The van der Waals surface area contributed by atoms with Crippen molar-refractivity contribution in [2.75, 3.05) is 6.54 Å². The molecule has 2 rings (SSSR count). The van der Waals surface area contributed by atoms with Gasteiger partial charge in [-0.15, -0.1) is 0 Å². The second-order valence-corrected chi connectivity index (χ2v) is 6.68. The van der Waals surface area contributed by atoms with Gasteiger partial charge in [-0.3, -0.25) is 0 Å². The number of rotatable bonds is 7. The molecule has 0 heterocycles. The van der Waals surface area contributed by atoms with Crippen molar-refractivity contribution in [3.05, 3.63) is 35.9 Å². The Morgan fingerprint density at radius 2 is 1.84 bits per heavy atom. The Balaban J connectivity index is 1.98. The van der Waals surface area contributed by atoms with Crippen LogP contribution in [0.3, 0.4) is 0 Å². The molecule has 0 radical (unpaired) electrons. The Morgan fingerprint density at radius 3 is 2.32 bits per heavy atom. The van der Waals surface area contributed by atoms with E-state index >= 15 is 0 Å². The predicted octanol–water partition coefficient (Wildman–Crippen LogP) is 4.94. The highest BCUT2D eigenvalue weighted by Crippen LogP contribution is 2.43. The van der Waals surface area contributed by atoms with Crippen LogP contribution in [0.2, 0.25) is 0 Å². The summed E-state index contributed by atoms with van der Waals surface area (Å²) in [5.41, 5.74) is 2.05. The van der Waals surface area contributed by atoms with Gasteiger partial charge in [-0.25, -0.2) is 0 Å². The normalized spacial score (nSPS) is 19.2. The van der Waals surface area contributed by atoms with Gasteiger partial charge in [-0.2, -0.15) is 0 Å². The molecule has 1 atom stereocenters. The van der Waals surface area contributed by atoms with Gasteiger partial charge in [0.1, 0.15) is 0 Å². The minimum absolute atomic E-state index is 0.519. The van der Waals surface area contributed by atoms with E-state index in [0.29, 0.717) is 11.5 Å². The fraction of sp³-hybridized carbons (Fsp3) is 0.667. The molecule has 0 amide bonds. The highest BCUT2D eigenvalue weighted by atomic mass is 14.9. The zero-order valence-corrected chi connectivity index (χ0v) is 12.8. The molecule has 1 aromatic carbocycles. The first-order chi connectivity index (χ1) is 9.15. The van der Waals surface area contributed by atoms with Crippen molar-refractivity contribution in [2.45, 2.75) is 58.9 Å². The number of nitrogens with one attached hydrogen (secondary N) is 1. The fourth-order valence-corrected chi connectivity index (χ4v) is 3.17. The molecule has 1 fully saturated rings. The molecule has 1 aromatic rings. The molecule has 0 bridgehead atoms. The highest BCUT2D eigenvalue weighted by molar-refractivity contribution is 5.19. The van der Waals surface area contributed by atoms with Crippen molar-refractivity contribution in [1.82, 2.24) is 5.32 Å². The Labute approximate surface area is 118 Å². The third kappa shape index (κ3) is 3.82. The van der Waals surface area contributed by atoms with Crippen LogP contribution in [0.4, 0.5) is 0 Å². The Bertz CT molecular complexity index is 359. The Morgan fingerprint density at radius 1 is 1.16 bits per heavy atom. The van der Waals surface area contributed by atoms with Gasteiger partial charge in [0.15, 0.2) is 0 Å². The molecule has 1 aliphatic carbocycles. The smallest absolute Gasteiger partial charge is 0.0322 e. The summed E-state index contributed by atoms with van der Waals surface area (Å²) in [7, 11) is 0. The average Bonchev–Trinajstić information content (AvgIpc) is 2.37. The van der Waals surface area contributed by atoms with E-state index in [1.807, 2.05) is 0 Å². The van der Waals surface area contributed by atoms with E-state index in [1.165, 1.54) is 44.2 Å². The second-order valence-electron chi connectivity index (χ2n) is 6.68. The zero-order chi connectivity index (χ0) is 13.7. The molecular weight excluding hydrogens is 230 g/mol. The molecule has 19 heavy (non-hydrogen) atoms. The van der Waals surface area contributed by atoms with Gasteiger partial charge in [0.05, 0.1) is 0 Å². The zero-order valence-electron chi connectivity index (χ0n) is 12.8. The van der Waals surface area contributed by atoms with Gasteiger partial charge in [-0.1, -0.05) is 57.5 Å². The van der Waals surface area contributed by atoms with Crippen molar-refractivity contribution in [3.63, 3.8) is 0 Å². The summed E-state index contributed by atoms with van der Waals surface area (Å²) in [5, 5.41) is 3.86. The van der Waals surface area contributed by atoms with Crippen molar-refractivity contribution >= 4 is 0 Å². The monoisotopic (exact) mass is 259 g/mol. The first-order valence-corrected chi connectivity index (χ1v) is 7.93. The number of hydrogen-bond acceptors (Lipinski definition) is 1. The largest absolute Gasteiger partial charge is 0.309 e. The first-order valence-electron chi connectivity index (χ1n) is 7.93. The van der Waals surface area contributed by atoms with Crippen LogP contribution >= 0.6 is 0 Å². The lowest BCUT2D eigenvalue weighted by Gasteiger charge is -2.42. The van der Waals surface area contributed by atoms with Crippen LogP contribution in [0.25, 0.3) is 0 Å². The third-order valence-electron chi connectivity index (χ3n) is 4.80. The minimum Gasteiger partial charge on any atom is -0.309 e. The quantitative estimate of drug-likeness (QED) is 0.731. The van der Waals surface area contributed by atoms with Crippen LogP contribution in [0.1, 0.15) is 64.5 Å². The number of benzene rings is 1. The maximum atomic E-state index is 3.86. The molecule has 0 saturated heterocycles. The van der Waals surface area contributed by atoms with Crippen molar-refractivity contribution < 1.29 is 0 Å². The summed E-state index contributed by atoms with van der Waals surface area (Å²) in [4.78, 5) is 0. The summed E-state index contributed by atoms with van der Waals surface area (Å²) in [6.07, 6.45) is 6.81. The standard InChI is InChI=1S/C18H29N/c1-4-18(11-8-12-18)14-19-17(13-15(2)3)16-9-6-5-7-10-16/h5-7,9-10,15,17,19H,4,8,11-14H2,1-3H3. The van der Waals surface area contributed by atoms with Crippen molar-refractivity contribution in [2.24, 2.45) is 11.3 Å². The molecule has 1 N–H and O–H groups in total. The van der Waals surface area contributed by atoms with E-state index in [9.17, 15) is 0 Å². The third-order valence-corrected chi connectivity index (χ3v) is 4.80. The van der Waals surface area contributed by atoms with Crippen LogP contribution in [-0.2, 0) is 0 Å². The second kappa shape index (κ2) is 6.56. The molecule has 1 saturated carbocycles. The SMILES string of the molecule is CCC1(CNC(CC(C)C)c2ccccc2)CCC1. The lowest BCUT2D eigenvalue weighted by molar-refractivity contribution is 0.117. The van der Waals surface area contributed by atoms with Crippen LogP contribution in [0.15, 0.2) is 30.3 Å². The maximum absolute atomic E-state index is 3.86. The molecule has 1 unspecified atom stereocenters. The topological polar surface area (TPSA) is 12.0 Å². The van der Waals surface area contributed by atoms with Crippen molar-refractivity contribution in [1.29, 1.82) is 0 Å². The van der Waals surface area contributed by atoms with E-state index in [2.05, 4.69) is 56.4 Å². The Kier molecular flexibility index (Phi) is 5.04. The van der Waals surface area contributed by atoms with Gasteiger partial charge >= 0.3 is 0 Å². The lowest BCUT2D eigenvalue weighted by Crippen LogP contribution is -2.41. The summed E-state index contributed by atoms with van der Waals surface area (Å²) in [5.74, 6) is 0.733. The molecular formula is C18H29N. The van der Waals surface area contributed by atoms with Crippen LogP contribution in [0.5, 0.6) is 0 Å². The van der Waals surface area contributed by atoms with E-state index in [1.54, 1.807) is 0 Å². The molecule has 1 aliphatic rings. The van der Waals surface area contributed by atoms with Crippen LogP contribution in [-0.4, -0.2) is 6.54 Å². The van der Waals surface area contributed by atoms with Gasteiger partial charge in [0, 0.05) is 12.6 Å². The molecule has 0 aromatic heterocycles. The maximum Gasteiger partial charge on any atom is 0.0322 e. The molecule has 0 aliphatic heterocycles. The highest BCUT2D eigenvalue weighted by Gasteiger charge is 2.35. The van der Waals surface area contributed by atoms with Gasteiger partial charge < -0.3 is 5.32 Å². The fourth-order valence-electron chi connectivity index (χ4n) is 3.17. The first kappa shape index (κ1) is 14.6.